The average Bonchev–Trinajstić information content (AvgIpc) is 4.20. The van der Waals surface area contributed by atoms with Crippen LogP contribution in [0.5, 0.6) is 0 Å². The minimum Gasteiger partial charge on any atom is -0.445 e. The van der Waals surface area contributed by atoms with Crippen molar-refractivity contribution in [2.24, 2.45) is 5.73 Å². The second-order valence-corrected chi connectivity index (χ2v) is 20.8. The standard InChI is InChI=1S/C35H35N5O2.C27H31N5.2O2S/c1-3-26-22-36-33(37-27-15-12-20-35(2,21-27)39-34(41)42-24-25-13-6-4-7-14-25)38-32(26)30-23-40(28-16-8-5-9-17-28)31-19-11-10-18-29(30)31;1-3-19-17-29-26(30-20-10-9-15-27(2,28)16-20)31-25(19)23-18-32(21-11-5-4-6-12-21)24-14-8-7-13-22(23)24;2*1-3-2/h3-11,13-14,16-19,22-23,27H,1,12,15,20-21,24H2,2H3,(H,39,41)(H,36,37,38);4-8,11-14,17-18,20H,3,9-10,15-16,28H2,1-2H3,(H,29,30,31);;/t27-,35+;20-,27+;;/m11../s1. The number of carbonyl (C=O) groups excluding carboxylic acids is 1. The second-order valence-electron chi connectivity index (χ2n) is 20.6. The molecule has 0 unspecified atom stereocenters. The Kier molecular flexibility index (Phi) is 19.8. The number of rotatable bonds is 13. The fourth-order valence-corrected chi connectivity index (χ4v) is 10.9. The number of aromatic nitrogens is 6. The summed E-state index contributed by atoms with van der Waals surface area (Å²) in [7, 11) is 0. The summed E-state index contributed by atoms with van der Waals surface area (Å²) in [5, 5.41) is 12.6. The normalized spacial score (nSPS) is 18.4. The number of hydrogen-bond donors (Lipinski definition) is 4. The largest absolute Gasteiger partial charge is 0.445 e. The maximum absolute atomic E-state index is 12.6. The number of nitrogens with one attached hydrogen (secondary N) is 3. The van der Waals surface area contributed by atoms with Gasteiger partial charge in [0.1, 0.15) is 6.61 Å². The molecule has 5 aromatic carbocycles. The van der Waals surface area contributed by atoms with Crippen LogP contribution in [-0.2, 0) is 40.9 Å². The van der Waals surface area contributed by atoms with Crippen molar-refractivity contribution in [3.8, 4) is 33.9 Å². The maximum atomic E-state index is 12.6. The van der Waals surface area contributed by atoms with E-state index in [-0.39, 0.29) is 18.2 Å². The zero-order valence-electron chi connectivity index (χ0n) is 45.1. The van der Waals surface area contributed by atoms with Gasteiger partial charge in [-0.2, -0.15) is 16.8 Å². The number of para-hydroxylation sites is 4. The lowest BCUT2D eigenvalue weighted by atomic mass is 9.80. The summed E-state index contributed by atoms with van der Waals surface area (Å²) in [5.41, 5.74) is 17.4. The number of carbonyl (C=O) groups is 1. The van der Waals surface area contributed by atoms with Gasteiger partial charge in [-0.3, -0.25) is 0 Å². The van der Waals surface area contributed by atoms with Gasteiger partial charge in [-0.15, -0.1) is 0 Å². The fourth-order valence-electron chi connectivity index (χ4n) is 10.9. The van der Waals surface area contributed by atoms with Crippen LogP contribution >= 0.6 is 0 Å². The van der Waals surface area contributed by atoms with Crippen molar-refractivity contribution in [1.29, 1.82) is 0 Å². The fraction of sp³-hybridized carbons (Fsp3) is 0.274. The monoisotopic (exact) mass is 1110 g/mol. The van der Waals surface area contributed by atoms with Crippen LogP contribution in [0.3, 0.4) is 0 Å². The molecule has 18 heteroatoms. The third-order valence-corrected chi connectivity index (χ3v) is 14.6. The Morgan fingerprint density at radius 1 is 0.675 bits per heavy atom. The lowest BCUT2D eigenvalue weighted by Gasteiger charge is -2.38. The Morgan fingerprint density at radius 2 is 1.15 bits per heavy atom. The molecule has 4 atom stereocenters. The molecule has 9 aromatic rings. The minimum atomic E-state index is -0.750. The van der Waals surface area contributed by atoms with E-state index in [1.807, 2.05) is 67.0 Å². The Labute approximate surface area is 473 Å². The first-order valence-electron chi connectivity index (χ1n) is 26.7. The molecule has 2 aliphatic rings. The predicted molar refractivity (Wildman–Crippen MR) is 318 cm³/mol. The number of aryl methyl sites for hydroxylation is 1. The van der Waals surface area contributed by atoms with E-state index in [0.717, 1.165) is 119 Å². The summed E-state index contributed by atoms with van der Waals surface area (Å²) in [5.74, 6) is 1.25. The molecule has 0 saturated heterocycles. The van der Waals surface area contributed by atoms with Gasteiger partial charge in [-0.05, 0) is 119 Å². The lowest BCUT2D eigenvalue weighted by Crippen LogP contribution is -2.51. The van der Waals surface area contributed by atoms with E-state index in [9.17, 15) is 4.79 Å². The summed E-state index contributed by atoms with van der Waals surface area (Å²) >= 11 is -1.50. The van der Waals surface area contributed by atoms with Crippen molar-refractivity contribution in [3.05, 3.63) is 188 Å². The number of anilines is 2. The molecule has 5 N–H and O–H groups in total. The molecule has 16 nitrogen and oxygen atoms in total. The summed E-state index contributed by atoms with van der Waals surface area (Å²) in [6, 6.07) is 47.8. The highest BCUT2D eigenvalue weighted by Gasteiger charge is 2.35. The molecular formula is C62H66N10O6S2. The van der Waals surface area contributed by atoms with Crippen LogP contribution in [-0.4, -0.2) is 75.2 Å². The maximum Gasteiger partial charge on any atom is 0.407 e. The highest BCUT2D eigenvalue weighted by Crippen LogP contribution is 2.37. The smallest absolute Gasteiger partial charge is 0.407 e. The first-order chi connectivity index (χ1) is 38.9. The third-order valence-electron chi connectivity index (χ3n) is 14.6. The number of alkyl carbamates (subject to hydrolysis) is 1. The Bertz CT molecular complexity index is 3590. The van der Waals surface area contributed by atoms with Crippen molar-refractivity contribution >= 4 is 69.0 Å². The lowest BCUT2D eigenvalue weighted by molar-refractivity contribution is 0.120. The van der Waals surface area contributed by atoms with Crippen LogP contribution in [0.15, 0.2) is 171 Å². The van der Waals surface area contributed by atoms with Gasteiger partial charge in [0.05, 0.1) is 22.4 Å². The number of nitrogens with zero attached hydrogens (tertiary/aromatic N) is 6. The highest BCUT2D eigenvalue weighted by molar-refractivity contribution is 7.52. The van der Waals surface area contributed by atoms with Crippen molar-refractivity contribution in [2.45, 2.75) is 108 Å². The molecule has 2 fully saturated rings. The van der Waals surface area contributed by atoms with Crippen LogP contribution in [0.1, 0.15) is 88.8 Å². The molecule has 412 valence electrons. The number of ether oxygens (including phenoxy) is 1. The molecule has 2 aliphatic carbocycles. The summed E-state index contributed by atoms with van der Waals surface area (Å²) in [6.45, 7) is 10.7. The van der Waals surface area contributed by atoms with E-state index in [1.54, 1.807) is 6.08 Å². The van der Waals surface area contributed by atoms with Gasteiger partial charge in [0.2, 0.25) is 11.9 Å². The summed E-state index contributed by atoms with van der Waals surface area (Å²) < 4.78 is 43.1. The van der Waals surface area contributed by atoms with Crippen LogP contribution in [0.25, 0.3) is 61.8 Å². The summed E-state index contributed by atoms with van der Waals surface area (Å²) in [6.07, 6.45) is 18.2. The molecule has 4 heterocycles. The number of fused-ring (bicyclic) bond motifs is 2. The molecule has 0 spiro atoms. The van der Waals surface area contributed by atoms with E-state index in [0.29, 0.717) is 17.9 Å². The van der Waals surface area contributed by atoms with E-state index in [1.165, 1.54) is 10.9 Å². The van der Waals surface area contributed by atoms with Crippen LogP contribution in [0.4, 0.5) is 16.7 Å². The first kappa shape index (κ1) is 57.7. The number of benzene rings is 5. The molecule has 1 amide bonds. The van der Waals surface area contributed by atoms with Gasteiger partial charge in [-0.25, -0.2) is 24.7 Å². The molecule has 11 rings (SSSR count). The number of amides is 1. The van der Waals surface area contributed by atoms with Gasteiger partial charge in [0, 0.05) is 86.8 Å². The van der Waals surface area contributed by atoms with Gasteiger partial charge < -0.3 is 35.6 Å². The van der Waals surface area contributed by atoms with Crippen LogP contribution in [0.2, 0.25) is 0 Å². The van der Waals surface area contributed by atoms with Gasteiger partial charge in [-0.1, -0.05) is 123 Å². The first-order valence-corrected chi connectivity index (χ1v) is 28.0. The van der Waals surface area contributed by atoms with Gasteiger partial charge in [0.25, 0.3) is 0 Å². The quantitative estimate of drug-likeness (QED) is 0.0846. The molecule has 80 heavy (non-hydrogen) atoms. The summed E-state index contributed by atoms with van der Waals surface area (Å²) in [4.78, 5) is 32.0. The number of nitrogens with two attached hydrogens (primary N) is 1. The molecule has 4 aromatic heterocycles. The third kappa shape index (κ3) is 14.6. The van der Waals surface area contributed by atoms with E-state index in [4.69, 9.17) is 37.3 Å². The molecule has 2 saturated carbocycles. The van der Waals surface area contributed by atoms with Crippen molar-refractivity contribution < 1.29 is 26.4 Å². The topological polar surface area (TPSA) is 218 Å². The molecular weight excluding hydrogens is 1040 g/mol. The molecule has 0 aliphatic heterocycles. The van der Waals surface area contributed by atoms with E-state index >= 15 is 0 Å². The Morgan fingerprint density at radius 3 is 1.69 bits per heavy atom. The molecule has 0 bridgehead atoms. The van der Waals surface area contributed by atoms with E-state index in [2.05, 4.69) is 160 Å². The van der Waals surface area contributed by atoms with Crippen molar-refractivity contribution in [3.63, 3.8) is 0 Å². The average molecular weight is 1110 g/mol. The zero-order valence-corrected chi connectivity index (χ0v) is 46.8. The Hall–Kier alpha value is -8.45. The molecule has 0 radical (unpaired) electrons. The number of hydrogen-bond acceptors (Lipinski definition) is 13. The second kappa shape index (κ2) is 27.4. The Balaban J connectivity index is 0.000000197. The van der Waals surface area contributed by atoms with E-state index < -0.39 is 34.8 Å². The van der Waals surface area contributed by atoms with Crippen molar-refractivity contribution in [2.75, 3.05) is 10.6 Å². The van der Waals surface area contributed by atoms with Gasteiger partial charge in [0.15, 0.2) is 0 Å². The highest BCUT2D eigenvalue weighted by atomic mass is 32.1. The minimum absolute atomic E-state index is 0.103. The zero-order chi connectivity index (χ0) is 56.5. The van der Waals surface area contributed by atoms with Crippen molar-refractivity contribution in [1.82, 2.24) is 34.4 Å². The van der Waals surface area contributed by atoms with Gasteiger partial charge >= 0.3 is 29.2 Å². The van der Waals surface area contributed by atoms with Crippen LogP contribution < -0.4 is 21.7 Å². The predicted octanol–water partition coefficient (Wildman–Crippen LogP) is 12.2. The SMILES string of the molecule is C=Cc1cnc(N[C@@H]2CCC[C@](C)(NC(=O)OCc3ccccc3)C2)nc1-c1cn(-c2ccccc2)c2ccccc12.CCc1cnc(N[C@@H]2CCC[C@](C)(N)C2)nc1-c1cn(-c2ccccc2)c2ccccc12.O=S=O.O=S=O. The van der Waals surface area contributed by atoms with Crippen LogP contribution in [0, 0.1) is 0 Å².